The highest BCUT2D eigenvalue weighted by Crippen LogP contribution is 2.40. The zero-order valence-electron chi connectivity index (χ0n) is 18.1. The Morgan fingerprint density at radius 2 is 1.58 bits per heavy atom. The third kappa shape index (κ3) is 4.68. The van der Waals surface area contributed by atoms with Crippen LogP contribution in [0.1, 0.15) is 28.4 Å². The normalized spacial score (nSPS) is 12.2. The molecule has 33 heavy (non-hydrogen) atoms. The number of hydrogen-bond acceptors (Lipinski definition) is 6. The molecule has 1 atom stereocenters. The number of ether oxygens (including phenoxy) is 2. The highest BCUT2D eigenvalue weighted by Gasteiger charge is 2.29. The average molecular weight is 452 g/mol. The van der Waals surface area contributed by atoms with Crippen molar-refractivity contribution in [1.82, 2.24) is 10.1 Å². The molecular weight excluding hydrogens is 430 g/mol. The fourth-order valence-electron chi connectivity index (χ4n) is 3.65. The lowest BCUT2D eigenvalue weighted by molar-refractivity contribution is 0.184. The van der Waals surface area contributed by atoms with Crippen LogP contribution in [0.5, 0.6) is 0 Å². The first-order valence-electron chi connectivity index (χ1n) is 10.2. The van der Waals surface area contributed by atoms with Crippen LogP contribution in [0.15, 0.2) is 65.4 Å². The smallest absolute Gasteiger partial charge is 0.176 e. The zero-order valence-corrected chi connectivity index (χ0v) is 18.1. The SMILES string of the molecule is COCc1ccc(-c2noc(-c3ccc(COC)cc3F)c2C(O)c2cccnc2)c(F)c1. The van der Waals surface area contributed by atoms with Gasteiger partial charge >= 0.3 is 0 Å². The standard InChI is InChI=1S/C25H22F2N2O4/c1-31-13-15-5-7-18(20(26)10-15)23-22(24(30)17-4-3-9-28-12-17)25(33-29-23)19-8-6-16(14-32-2)11-21(19)27/h3-12,24,30H,13-14H2,1-2H3. The maximum atomic E-state index is 15.0. The second kappa shape index (κ2) is 9.99. The van der Waals surface area contributed by atoms with E-state index in [-0.39, 0.29) is 41.4 Å². The summed E-state index contributed by atoms with van der Waals surface area (Å²) >= 11 is 0. The van der Waals surface area contributed by atoms with Crippen LogP contribution in [0.2, 0.25) is 0 Å². The van der Waals surface area contributed by atoms with E-state index in [9.17, 15) is 5.11 Å². The molecule has 4 rings (SSSR count). The van der Waals surface area contributed by atoms with Gasteiger partial charge in [0.2, 0.25) is 0 Å². The predicted molar refractivity (Wildman–Crippen MR) is 117 cm³/mol. The summed E-state index contributed by atoms with van der Waals surface area (Å²) in [6, 6.07) is 12.4. The summed E-state index contributed by atoms with van der Waals surface area (Å²) in [5.41, 5.74) is 2.10. The van der Waals surface area contributed by atoms with Crippen LogP contribution in [-0.2, 0) is 22.7 Å². The van der Waals surface area contributed by atoms with E-state index in [0.717, 1.165) is 0 Å². The quantitative estimate of drug-likeness (QED) is 0.403. The lowest BCUT2D eigenvalue weighted by Gasteiger charge is -2.14. The molecule has 0 bridgehead atoms. The molecule has 0 aliphatic heterocycles. The van der Waals surface area contributed by atoms with Crippen LogP contribution in [-0.4, -0.2) is 29.5 Å². The van der Waals surface area contributed by atoms with Crippen molar-refractivity contribution in [2.75, 3.05) is 14.2 Å². The van der Waals surface area contributed by atoms with Crippen molar-refractivity contribution >= 4 is 0 Å². The third-order valence-electron chi connectivity index (χ3n) is 5.19. The summed E-state index contributed by atoms with van der Waals surface area (Å²) in [5, 5.41) is 15.2. The number of aliphatic hydroxyl groups is 1. The Balaban J connectivity index is 1.88. The number of hydrogen-bond donors (Lipinski definition) is 1. The van der Waals surface area contributed by atoms with Crippen molar-refractivity contribution in [3.05, 3.63) is 94.8 Å². The highest BCUT2D eigenvalue weighted by molar-refractivity contribution is 5.75. The number of pyridine rings is 1. The molecule has 6 nitrogen and oxygen atoms in total. The van der Waals surface area contributed by atoms with Gasteiger partial charge in [0.15, 0.2) is 5.76 Å². The molecule has 2 aromatic carbocycles. The van der Waals surface area contributed by atoms with Crippen LogP contribution in [0.25, 0.3) is 22.6 Å². The van der Waals surface area contributed by atoms with Gasteiger partial charge in [-0.3, -0.25) is 4.98 Å². The molecule has 1 N–H and O–H groups in total. The number of methoxy groups -OCH3 is 2. The molecule has 0 spiro atoms. The second-order valence-electron chi connectivity index (χ2n) is 7.46. The minimum atomic E-state index is -1.29. The van der Waals surface area contributed by atoms with Gasteiger partial charge in [-0.05, 0) is 41.5 Å². The fraction of sp³-hybridized carbons (Fsp3) is 0.200. The molecule has 0 amide bonds. The Morgan fingerprint density at radius 1 is 0.939 bits per heavy atom. The van der Waals surface area contributed by atoms with E-state index in [4.69, 9.17) is 14.0 Å². The molecule has 0 saturated carbocycles. The van der Waals surface area contributed by atoms with Crippen LogP contribution in [0, 0.1) is 11.6 Å². The van der Waals surface area contributed by atoms with Gasteiger partial charge in [0.25, 0.3) is 0 Å². The van der Waals surface area contributed by atoms with Gasteiger partial charge in [0.1, 0.15) is 23.4 Å². The summed E-state index contributed by atoms with van der Waals surface area (Å²) in [7, 11) is 3.04. The third-order valence-corrected chi connectivity index (χ3v) is 5.19. The lowest BCUT2D eigenvalue weighted by atomic mass is 9.94. The first-order chi connectivity index (χ1) is 16.0. The van der Waals surface area contributed by atoms with Crippen molar-refractivity contribution < 1.29 is 27.9 Å². The van der Waals surface area contributed by atoms with Gasteiger partial charge in [-0.15, -0.1) is 0 Å². The number of aliphatic hydroxyl groups excluding tert-OH is 1. The molecule has 0 saturated heterocycles. The van der Waals surface area contributed by atoms with Crippen molar-refractivity contribution in [1.29, 1.82) is 0 Å². The highest BCUT2D eigenvalue weighted by atomic mass is 19.1. The minimum absolute atomic E-state index is 0.00295. The van der Waals surface area contributed by atoms with Crippen molar-refractivity contribution in [2.24, 2.45) is 0 Å². The van der Waals surface area contributed by atoms with E-state index in [2.05, 4.69) is 10.1 Å². The summed E-state index contributed by atoms with van der Waals surface area (Å²) in [5.74, 6) is -1.15. The summed E-state index contributed by atoms with van der Waals surface area (Å²) in [6.45, 7) is 0.481. The van der Waals surface area contributed by atoms with E-state index in [1.54, 1.807) is 30.5 Å². The molecule has 4 aromatic rings. The molecule has 0 fully saturated rings. The van der Waals surface area contributed by atoms with E-state index in [0.29, 0.717) is 16.7 Å². The Kier molecular flexibility index (Phi) is 6.88. The van der Waals surface area contributed by atoms with Crippen LogP contribution >= 0.6 is 0 Å². The Morgan fingerprint density at radius 3 is 2.12 bits per heavy atom. The van der Waals surface area contributed by atoms with Crippen molar-refractivity contribution in [3.63, 3.8) is 0 Å². The number of aromatic nitrogens is 2. The number of benzene rings is 2. The van der Waals surface area contributed by atoms with Crippen LogP contribution in [0.4, 0.5) is 8.78 Å². The second-order valence-corrected chi connectivity index (χ2v) is 7.46. The molecule has 0 radical (unpaired) electrons. The number of rotatable bonds is 8. The molecule has 2 heterocycles. The largest absolute Gasteiger partial charge is 0.383 e. The summed E-state index contributed by atoms with van der Waals surface area (Å²) in [6.07, 6.45) is 1.75. The molecule has 0 aliphatic rings. The van der Waals surface area contributed by atoms with Gasteiger partial charge in [-0.2, -0.15) is 0 Å². The van der Waals surface area contributed by atoms with E-state index in [1.807, 2.05) is 0 Å². The summed E-state index contributed by atoms with van der Waals surface area (Å²) < 4.78 is 45.6. The number of nitrogens with zero attached hydrogens (tertiary/aromatic N) is 2. The van der Waals surface area contributed by atoms with E-state index < -0.39 is 17.7 Å². The Labute approximate surface area is 189 Å². The zero-order chi connectivity index (χ0) is 23.4. The average Bonchev–Trinajstić information content (AvgIpc) is 3.24. The van der Waals surface area contributed by atoms with Gasteiger partial charge in [0, 0.05) is 37.7 Å². The van der Waals surface area contributed by atoms with Gasteiger partial charge < -0.3 is 19.1 Å². The topological polar surface area (TPSA) is 77.6 Å². The van der Waals surface area contributed by atoms with Crippen LogP contribution in [0.3, 0.4) is 0 Å². The molecule has 1 unspecified atom stereocenters. The van der Waals surface area contributed by atoms with Gasteiger partial charge in [0.05, 0.1) is 24.3 Å². The molecule has 2 aromatic heterocycles. The first kappa shape index (κ1) is 22.7. The first-order valence-corrected chi connectivity index (χ1v) is 10.2. The lowest BCUT2D eigenvalue weighted by Crippen LogP contribution is -2.04. The maximum Gasteiger partial charge on any atom is 0.176 e. The monoisotopic (exact) mass is 452 g/mol. The summed E-state index contributed by atoms with van der Waals surface area (Å²) in [4.78, 5) is 4.03. The van der Waals surface area contributed by atoms with Gasteiger partial charge in [-0.1, -0.05) is 23.4 Å². The van der Waals surface area contributed by atoms with Crippen LogP contribution < -0.4 is 0 Å². The van der Waals surface area contributed by atoms with Gasteiger partial charge in [-0.25, -0.2) is 8.78 Å². The van der Waals surface area contributed by atoms with Crippen molar-refractivity contribution in [2.45, 2.75) is 19.3 Å². The Bertz CT molecular complexity index is 1170. The van der Waals surface area contributed by atoms with E-state index in [1.165, 1.54) is 44.7 Å². The molecule has 0 aliphatic carbocycles. The minimum Gasteiger partial charge on any atom is -0.383 e. The molecular formula is C25H22F2N2O4. The fourth-order valence-corrected chi connectivity index (χ4v) is 3.65. The number of halogens is 2. The molecule has 8 heteroatoms. The van der Waals surface area contributed by atoms with E-state index >= 15 is 8.78 Å². The maximum absolute atomic E-state index is 15.0. The predicted octanol–water partition coefficient (Wildman–Crippen LogP) is 5.06. The molecule has 170 valence electrons. The Hall–Kier alpha value is -3.46. The van der Waals surface area contributed by atoms with Crippen molar-refractivity contribution in [3.8, 4) is 22.6 Å².